The number of allylic oxidation sites excluding steroid dienone is 1. The van der Waals surface area contributed by atoms with E-state index in [-0.39, 0.29) is 0 Å². The Morgan fingerprint density at radius 1 is 1.11 bits per heavy atom. The summed E-state index contributed by atoms with van der Waals surface area (Å²) in [6.45, 7) is 15.5. The van der Waals surface area contributed by atoms with Crippen molar-refractivity contribution in [3.05, 3.63) is 70.4 Å². The molecular formula is C16H12N2O. The Hall–Kier alpha value is -2.52. The number of rotatable bonds is 0. The van der Waals surface area contributed by atoms with Crippen LogP contribution in [0.15, 0.2) is 42.0 Å². The Labute approximate surface area is 112 Å². The van der Waals surface area contributed by atoms with Crippen molar-refractivity contribution in [3.63, 3.8) is 0 Å². The Balaban J connectivity index is 2.29. The summed E-state index contributed by atoms with van der Waals surface area (Å²) in [7, 11) is 0. The molecule has 1 heterocycles. The summed E-state index contributed by atoms with van der Waals surface area (Å²) in [5.74, 6) is 0.778. The molecule has 0 saturated carbocycles. The lowest BCUT2D eigenvalue weighted by molar-refractivity contribution is 0.342. The van der Waals surface area contributed by atoms with Gasteiger partial charge in [0.25, 0.3) is 0 Å². The van der Waals surface area contributed by atoms with Gasteiger partial charge in [-0.25, -0.2) is 22.8 Å². The van der Waals surface area contributed by atoms with Crippen molar-refractivity contribution >= 4 is 5.57 Å². The molecule has 1 aliphatic heterocycles. The molecule has 0 bridgehead atoms. The van der Waals surface area contributed by atoms with Gasteiger partial charge in [-0.05, 0) is 18.1 Å². The summed E-state index contributed by atoms with van der Waals surface area (Å²) >= 11 is 0. The van der Waals surface area contributed by atoms with Crippen LogP contribution >= 0.6 is 0 Å². The number of fused-ring (bicyclic) bond motifs is 2. The first-order valence-corrected chi connectivity index (χ1v) is 6.18. The average molecular weight is 248 g/mol. The van der Waals surface area contributed by atoms with Crippen LogP contribution in [0.2, 0.25) is 0 Å². The van der Waals surface area contributed by atoms with Gasteiger partial charge in [0.15, 0.2) is 0 Å². The maximum Gasteiger partial charge on any atom is 0.514 e. The maximum atomic E-state index is 7.51. The van der Waals surface area contributed by atoms with Crippen LogP contribution in [-0.4, -0.2) is 12.3 Å². The molecule has 0 saturated heterocycles. The van der Waals surface area contributed by atoms with Crippen LogP contribution < -0.4 is 4.74 Å². The summed E-state index contributed by atoms with van der Waals surface area (Å²) in [5, 5.41) is 0. The van der Waals surface area contributed by atoms with Gasteiger partial charge in [-0.3, -0.25) is 0 Å². The highest BCUT2D eigenvalue weighted by molar-refractivity contribution is 5.84. The van der Waals surface area contributed by atoms with Crippen LogP contribution in [0.1, 0.15) is 18.4 Å². The molecule has 3 heteroatoms. The van der Waals surface area contributed by atoms with E-state index in [4.69, 9.17) is 17.9 Å². The Morgan fingerprint density at radius 3 is 2.68 bits per heavy atom. The number of para-hydroxylation sites is 1. The van der Waals surface area contributed by atoms with Crippen molar-refractivity contribution in [2.24, 2.45) is 0 Å². The molecule has 0 fully saturated rings. The molecule has 2 aliphatic rings. The normalized spacial score (nSPS) is 19.3. The molecule has 1 aromatic carbocycles. The molecule has 0 aromatic heterocycles. The number of benzene rings is 1. The Kier molecular flexibility index (Phi) is 2.62. The predicted molar refractivity (Wildman–Crippen MR) is 73.2 cm³/mol. The zero-order valence-electron chi connectivity index (χ0n) is 10.4. The van der Waals surface area contributed by atoms with Crippen LogP contribution in [0, 0.1) is 13.1 Å². The van der Waals surface area contributed by atoms with E-state index >= 15 is 0 Å². The summed E-state index contributed by atoms with van der Waals surface area (Å²) in [4.78, 5) is 7.34. The molecule has 0 N–H and O–H groups in total. The van der Waals surface area contributed by atoms with Gasteiger partial charge >= 0.3 is 5.66 Å². The van der Waals surface area contributed by atoms with Crippen molar-refractivity contribution in [2.45, 2.75) is 18.5 Å². The van der Waals surface area contributed by atoms with E-state index in [1.165, 1.54) is 0 Å². The predicted octanol–water partition coefficient (Wildman–Crippen LogP) is 3.72. The molecule has 0 amide bonds. The maximum absolute atomic E-state index is 7.51. The zero-order valence-corrected chi connectivity index (χ0v) is 10.4. The van der Waals surface area contributed by atoms with Gasteiger partial charge < -0.3 is 4.74 Å². The molecule has 0 spiro atoms. The standard InChI is InChI=1S/C16H12N2O/c1-17-16(18-2)10-6-5-7-12-11-19-14-9-4-3-8-13(14)15(12)16/h3-6,8-9H,7,10-11H2. The first-order chi connectivity index (χ1) is 9.30. The number of ether oxygens (including phenoxy) is 1. The Bertz CT molecular complexity index is 657. The van der Waals surface area contributed by atoms with Crippen molar-refractivity contribution in [1.82, 2.24) is 0 Å². The van der Waals surface area contributed by atoms with Gasteiger partial charge in [0.2, 0.25) is 0 Å². The molecule has 3 nitrogen and oxygen atoms in total. The van der Waals surface area contributed by atoms with Crippen LogP contribution in [-0.2, 0) is 0 Å². The van der Waals surface area contributed by atoms with E-state index in [2.05, 4.69) is 9.69 Å². The molecule has 1 aliphatic carbocycles. The first kappa shape index (κ1) is 11.6. The van der Waals surface area contributed by atoms with Gasteiger partial charge in [0.05, 0.1) is 0 Å². The van der Waals surface area contributed by atoms with Crippen molar-refractivity contribution < 1.29 is 4.74 Å². The number of hydrogen-bond acceptors (Lipinski definition) is 1. The topological polar surface area (TPSA) is 18.0 Å². The lowest BCUT2D eigenvalue weighted by Gasteiger charge is -2.23. The molecule has 0 radical (unpaired) electrons. The second kappa shape index (κ2) is 4.30. The summed E-state index contributed by atoms with van der Waals surface area (Å²) < 4.78 is 5.73. The largest absolute Gasteiger partial charge is 0.514 e. The molecule has 0 unspecified atom stereocenters. The average Bonchev–Trinajstić information content (AvgIpc) is 2.67. The summed E-state index contributed by atoms with van der Waals surface area (Å²) in [6.07, 6.45) is 5.19. The fourth-order valence-corrected chi connectivity index (χ4v) is 2.69. The third-order valence-corrected chi connectivity index (χ3v) is 3.62. The van der Waals surface area contributed by atoms with E-state index in [1.54, 1.807) is 0 Å². The van der Waals surface area contributed by atoms with Gasteiger partial charge in [-0.2, -0.15) is 0 Å². The minimum atomic E-state index is -1.12. The van der Waals surface area contributed by atoms with E-state index in [1.807, 2.05) is 36.4 Å². The highest BCUT2D eigenvalue weighted by Gasteiger charge is 2.52. The smallest absolute Gasteiger partial charge is 0.489 e. The molecule has 92 valence electrons. The molecular weight excluding hydrogens is 236 g/mol. The van der Waals surface area contributed by atoms with Crippen molar-refractivity contribution in [3.8, 4) is 5.75 Å². The number of hydrogen-bond donors (Lipinski definition) is 0. The van der Waals surface area contributed by atoms with Gasteiger partial charge in [-0.15, -0.1) is 0 Å². The van der Waals surface area contributed by atoms with Crippen LogP contribution in [0.3, 0.4) is 0 Å². The van der Waals surface area contributed by atoms with Crippen molar-refractivity contribution in [1.29, 1.82) is 0 Å². The molecule has 3 rings (SSSR count). The van der Waals surface area contributed by atoms with Gasteiger partial charge in [-0.1, -0.05) is 30.4 Å². The van der Waals surface area contributed by atoms with Crippen LogP contribution in [0.25, 0.3) is 15.3 Å². The second-order valence-electron chi connectivity index (χ2n) is 4.68. The molecule has 1 aromatic rings. The highest BCUT2D eigenvalue weighted by atomic mass is 16.5. The molecule has 0 atom stereocenters. The summed E-state index contributed by atoms with van der Waals surface area (Å²) in [5.41, 5.74) is 1.70. The van der Waals surface area contributed by atoms with Gasteiger partial charge in [0.1, 0.15) is 24.4 Å². The second-order valence-corrected chi connectivity index (χ2v) is 4.68. The lowest BCUT2D eigenvalue weighted by atomic mass is 9.86. The zero-order chi connectivity index (χ0) is 13.3. The summed E-state index contributed by atoms with van der Waals surface area (Å²) in [6, 6.07) is 7.68. The van der Waals surface area contributed by atoms with Crippen molar-refractivity contribution in [2.75, 3.05) is 6.61 Å². The molecule has 19 heavy (non-hydrogen) atoms. The third-order valence-electron chi connectivity index (χ3n) is 3.62. The number of nitrogens with zero attached hydrogens (tertiary/aromatic N) is 2. The Morgan fingerprint density at radius 2 is 1.89 bits per heavy atom. The van der Waals surface area contributed by atoms with E-state index in [9.17, 15) is 0 Å². The van der Waals surface area contributed by atoms with Gasteiger partial charge in [0, 0.05) is 5.56 Å². The van der Waals surface area contributed by atoms with E-state index < -0.39 is 5.66 Å². The van der Waals surface area contributed by atoms with E-state index in [0.29, 0.717) is 13.0 Å². The SMILES string of the molecule is [C-]#[N+]C1([N+]#[C-])CC=CCC2=C1c1ccccc1OC2. The lowest BCUT2D eigenvalue weighted by Crippen LogP contribution is -2.26. The third kappa shape index (κ3) is 1.63. The van der Waals surface area contributed by atoms with Crippen LogP contribution in [0.5, 0.6) is 5.75 Å². The quantitative estimate of drug-likeness (QED) is 0.505. The minimum absolute atomic E-state index is 0.452. The van der Waals surface area contributed by atoms with E-state index in [0.717, 1.165) is 28.9 Å². The fourth-order valence-electron chi connectivity index (χ4n) is 2.69. The fraction of sp³-hybridized carbons (Fsp3) is 0.250. The minimum Gasteiger partial charge on any atom is -0.489 e. The highest BCUT2D eigenvalue weighted by Crippen LogP contribution is 2.46. The first-order valence-electron chi connectivity index (χ1n) is 6.18. The van der Waals surface area contributed by atoms with Crippen LogP contribution in [0.4, 0.5) is 0 Å². The monoisotopic (exact) mass is 248 g/mol.